The van der Waals surface area contributed by atoms with Crippen molar-refractivity contribution in [1.82, 2.24) is 10.3 Å². The second kappa shape index (κ2) is 13.2. The first kappa shape index (κ1) is 32.7. The molecule has 1 fully saturated rings. The molecule has 3 atom stereocenters. The van der Waals surface area contributed by atoms with E-state index in [0.29, 0.717) is 18.1 Å². The molecule has 0 radical (unpaired) electrons. The molecular formula is C31H37F3N2O8. The molecule has 0 spiro atoms. The van der Waals surface area contributed by atoms with Gasteiger partial charge in [-0.2, -0.15) is 8.78 Å². The van der Waals surface area contributed by atoms with Crippen molar-refractivity contribution in [2.75, 3.05) is 13.2 Å². The molecule has 1 aromatic heterocycles. The molecule has 0 aliphatic heterocycles. The van der Waals surface area contributed by atoms with Crippen LogP contribution in [0.1, 0.15) is 65.0 Å². The first-order valence-corrected chi connectivity index (χ1v) is 14.3. The summed E-state index contributed by atoms with van der Waals surface area (Å²) in [6.45, 7) is 5.87. The summed E-state index contributed by atoms with van der Waals surface area (Å²) < 4.78 is 68.9. The summed E-state index contributed by atoms with van der Waals surface area (Å²) >= 11 is 0. The lowest BCUT2D eigenvalue weighted by Gasteiger charge is -2.30. The summed E-state index contributed by atoms with van der Waals surface area (Å²) in [5.74, 6) is -1.03. The molecule has 0 saturated heterocycles. The summed E-state index contributed by atoms with van der Waals surface area (Å²) in [4.78, 5) is 29.6. The molecule has 2 unspecified atom stereocenters. The van der Waals surface area contributed by atoms with E-state index in [4.69, 9.17) is 18.6 Å². The number of rotatable bonds is 13. The quantitative estimate of drug-likeness (QED) is 0.249. The average molecular weight is 623 g/mol. The van der Waals surface area contributed by atoms with E-state index < -0.39 is 48.3 Å². The maximum atomic E-state index is 15.6. The van der Waals surface area contributed by atoms with Crippen molar-refractivity contribution >= 4 is 12.1 Å². The highest BCUT2D eigenvalue weighted by Crippen LogP contribution is 2.41. The number of halogens is 3. The zero-order valence-electron chi connectivity index (χ0n) is 25.2. The van der Waals surface area contributed by atoms with E-state index in [-0.39, 0.29) is 41.2 Å². The van der Waals surface area contributed by atoms with Gasteiger partial charge in [0, 0.05) is 12.0 Å². The van der Waals surface area contributed by atoms with Crippen LogP contribution in [-0.4, -0.2) is 53.8 Å². The SMILES string of the molecule is CCOC1=CC(F)[C@](Cc2nc(-c3ccc(OC(F)F)c(OCC4CC4)c3)oc2C(C)NC(=O)OC(C)(C)C)(C(=O)O)C=C1. The Hall–Kier alpha value is -4.16. The summed E-state index contributed by atoms with van der Waals surface area (Å²) in [5.41, 5.74) is -2.51. The van der Waals surface area contributed by atoms with Crippen molar-refractivity contribution in [3.05, 3.63) is 53.6 Å². The fraction of sp³-hybridized carbons (Fsp3) is 0.516. The fourth-order valence-corrected chi connectivity index (χ4v) is 4.57. The number of carbonyl (C=O) groups is 2. The molecule has 1 aromatic carbocycles. The number of carboxylic acids is 1. The first-order valence-electron chi connectivity index (χ1n) is 14.3. The van der Waals surface area contributed by atoms with E-state index in [9.17, 15) is 23.5 Å². The number of carbonyl (C=O) groups excluding carboxylic acids is 1. The van der Waals surface area contributed by atoms with Crippen molar-refractivity contribution in [3.8, 4) is 23.0 Å². The predicted octanol–water partition coefficient (Wildman–Crippen LogP) is 6.76. The van der Waals surface area contributed by atoms with Gasteiger partial charge in [0.05, 0.1) is 24.9 Å². The van der Waals surface area contributed by atoms with Crippen LogP contribution in [0.5, 0.6) is 11.5 Å². The molecule has 44 heavy (non-hydrogen) atoms. The number of aromatic nitrogens is 1. The number of benzene rings is 1. The molecule has 0 bridgehead atoms. The van der Waals surface area contributed by atoms with Gasteiger partial charge in [-0.05, 0) is 83.7 Å². The lowest BCUT2D eigenvalue weighted by atomic mass is 9.75. The van der Waals surface area contributed by atoms with Crippen molar-refractivity contribution in [3.63, 3.8) is 0 Å². The van der Waals surface area contributed by atoms with Crippen LogP contribution in [0, 0.1) is 11.3 Å². The van der Waals surface area contributed by atoms with Gasteiger partial charge in [0.15, 0.2) is 11.5 Å². The Morgan fingerprint density at radius 1 is 1.20 bits per heavy atom. The van der Waals surface area contributed by atoms with Crippen molar-refractivity contribution in [1.29, 1.82) is 0 Å². The molecular weight excluding hydrogens is 585 g/mol. The van der Waals surface area contributed by atoms with E-state index in [1.807, 2.05) is 0 Å². The van der Waals surface area contributed by atoms with Gasteiger partial charge < -0.3 is 33.8 Å². The number of hydrogen-bond acceptors (Lipinski definition) is 8. The van der Waals surface area contributed by atoms with Gasteiger partial charge in [0.1, 0.15) is 28.7 Å². The van der Waals surface area contributed by atoms with E-state index in [1.54, 1.807) is 34.6 Å². The van der Waals surface area contributed by atoms with Crippen LogP contribution in [0.2, 0.25) is 0 Å². The molecule has 1 saturated carbocycles. The Morgan fingerprint density at radius 3 is 2.52 bits per heavy atom. The maximum Gasteiger partial charge on any atom is 0.408 e. The number of nitrogens with one attached hydrogen (secondary N) is 1. The zero-order chi connectivity index (χ0) is 32.2. The highest BCUT2D eigenvalue weighted by Gasteiger charge is 2.47. The van der Waals surface area contributed by atoms with Gasteiger partial charge in [0.2, 0.25) is 5.89 Å². The van der Waals surface area contributed by atoms with E-state index in [2.05, 4.69) is 15.0 Å². The van der Waals surface area contributed by atoms with E-state index in [0.717, 1.165) is 18.9 Å². The zero-order valence-corrected chi connectivity index (χ0v) is 25.2. The molecule has 1 heterocycles. The van der Waals surface area contributed by atoms with Crippen molar-refractivity contribution in [2.24, 2.45) is 11.3 Å². The smallest absolute Gasteiger partial charge is 0.408 e. The monoisotopic (exact) mass is 622 g/mol. The minimum absolute atomic E-state index is 0.0333. The number of hydrogen-bond donors (Lipinski definition) is 2. The summed E-state index contributed by atoms with van der Waals surface area (Å²) in [7, 11) is 0. The van der Waals surface area contributed by atoms with Crippen LogP contribution in [-0.2, 0) is 20.7 Å². The Bertz CT molecular complexity index is 1410. The third-order valence-electron chi connectivity index (χ3n) is 6.95. The third-order valence-corrected chi connectivity index (χ3v) is 6.95. The standard InChI is InChI=1S/C31H37F3N2O8/c1-6-40-20-11-12-31(27(37)38,24(32)14-20)15-21-25(17(2)35-29(39)44-30(3,4)5)43-26(36-21)19-9-10-22(42-28(33)34)23(13-19)41-16-18-7-8-18/h9-14,17-18,24,28H,6-8,15-16H2,1-5H3,(H,35,39)(H,37,38)/t17?,24?,31-/m0/s1. The second-order valence-electron chi connectivity index (χ2n) is 11.8. The van der Waals surface area contributed by atoms with Gasteiger partial charge in [-0.25, -0.2) is 14.2 Å². The molecule has 2 aromatic rings. The van der Waals surface area contributed by atoms with Crippen molar-refractivity contribution < 1.29 is 51.2 Å². The van der Waals surface area contributed by atoms with Crippen LogP contribution in [0.3, 0.4) is 0 Å². The molecule has 240 valence electrons. The van der Waals surface area contributed by atoms with Crippen LogP contribution < -0.4 is 14.8 Å². The number of carboxylic acid groups (broad SMARTS) is 1. The van der Waals surface area contributed by atoms with Gasteiger partial charge in [-0.3, -0.25) is 4.79 Å². The third kappa shape index (κ3) is 8.06. The summed E-state index contributed by atoms with van der Waals surface area (Å²) in [6, 6.07) is 3.25. The molecule has 1 amide bonds. The minimum atomic E-state index is -3.08. The Kier molecular flexibility index (Phi) is 9.85. The minimum Gasteiger partial charge on any atom is -0.494 e. The van der Waals surface area contributed by atoms with Crippen LogP contribution in [0.25, 0.3) is 11.5 Å². The summed E-state index contributed by atoms with van der Waals surface area (Å²) in [6.07, 6.45) is 2.43. The molecule has 13 heteroatoms. The number of alkyl halides is 3. The highest BCUT2D eigenvalue weighted by atomic mass is 19.3. The topological polar surface area (TPSA) is 129 Å². The lowest BCUT2D eigenvalue weighted by molar-refractivity contribution is -0.148. The number of nitrogens with zero attached hydrogens (tertiary/aromatic N) is 1. The molecule has 2 aliphatic carbocycles. The number of allylic oxidation sites excluding steroid dienone is 2. The van der Waals surface area contributed by atoms with Crippen LogP contribution >= 0.6 is 0 Å². The molecule has 10 nitrogen and oxygen atoms in total. The van der Waals surface area contributed by atoms with Crippen LogP contribution in [0.15, 0.2) is 46.6 Å². The lowest BCUT2D eigenvalue weighted by Crippen LogP contribution is -2.42. The number of ether oxygens (including phenoxy) is 4. The Balaban J connectivity index is 1.73. The van der Waals surface area contributed by atoms with E-state index in [1.165, 1.54) is 30.4 Å². The fourth-order valence-electron chi connectivity index (χ4n) is 4.57. The molecule has 2 aliphatic rings. The summed E-state index contributed by atoms with van der Waals surface area (Å²) in [5, 5.41) is 12.8. The normalized spacial score (nSPS) is 20.6. The highest BCUT2D eigenvalue weighted by molar-refractivity contribution is 5.80. The Labute approximate surface area is 253 Å². The number of amides is 1. The number of alkyl carbamates (subject to hydrolysis) is 1. The Morgan fingerprint density at radius 2 is 1.93 bits per heavy atom. The van der Waals surface area contributed by atoms with Gasteiger partial charge >= 0.3 is 18.7 Å². The average Bonchev–Trinajstić information content (AvgIpc) is 3.65. The van der Waals surface area contributed by atoms with E-state index >= 15 is 4.39 Å². The van der Waals surface area contributed by atoms with Gasteiger partial charge in [-0.1, -0.05) is 6.08 Å². The molecule has 4 rings (SSSR count). The number of oxazole rings is 1. The first-order chi connectivity index (χ1) is 20.7. The maximum absolute atomic E-state index is 15.6. The molecule has 2 N–H and O–H groups in total. The number of aliphatic carboxylic acids is 1. The van der Waals surface area contributed by atoms with Gasteiger partial charge in [0.25, 0.3) is 0 Å². The second-order valence-corrected chi connectivity index (χ2v) is 11.8. The largest absolute Gasteiger partial charge is 0.494 e. The van der Waals surface area contributed by atoms with Crippen LogP contribution in [0.4, 0.5) is 18.0 Å². The van der Waals surface area contributed by atoms with Crippen molar-refractivity contribution in [2.45, 2.75) is 78.3 Å². The van der Waals surface area contributed by atoms with Gasteiger partial charge in [-0.15, -0.1) is 0 Å². The predicted molar refractivity (Wildman–Crippen MR) is 152 cm³/mol.